The van der Waals surface area contributed by atoms with Gasteiger partial charge in [-0.1, -0.05) is 15.9 Å². The number of carbonyl (C=O) groups is 2. The number of benzene rings is 1. The SMILES string of the molecule is COC(=O)CCN(C)C(=O)COc1ccc(Br)cc1F. The van der Waals surface area contributed by atoms with Crippen LogP contribution in [0.2, 0.25) is 0 Å². The Bertz CT molecular complexity index is 495. The number of nitrogens with zero attached hydrogens (tertiary/aromatic N) is 1. The van der Waals surface area contributed by atoms with Gasteiger partial charge in [-0.25, -0.2) is 4.39 Å². The van der Waals surface area contributed by atoms with Crippen LogP contribution in [0, 0.1) is 5.82 Å². The summed E-state index contributed by atoms with van der Waals surface area (Å²) in [4.78, 5) is 24.0. The second-order valence-corrected chi connectivity index (χ2v) is 4.92. The van der Waals surface area contributed by atoms with Gasteiger partial charge in [0.1, 0.15) is 0 Å². The fourth-order valence-electron chi connectivity index (χ4n) is 1.33. The summed E-state index contributed by atoms with van der Waals surface area (Å²) in [5.41, 5.74) is 0. The van der Waals surface area contributed by atoms with Crippen molar-refractivity contribution in [2.45, 2.75) is 6.42 Å². The van der Waals surface area contributed by atoms with E-state index in [1.165, 1.54) is 31.2 Å². The summed E-state index contributed by atoms with van der Waals surface area (Å²) >= 11 is 3.13. The molecule has 0 unspecified atom stereocenters. The van der Waals surface area contributed by atoms with Crippen LogP contribution >= 0.6 is 15.9 Å². The van der Waals surface area contributed by atoms with Crippen molar-refractivity contribution < 1.29 is 23.5 Å². The largest absolute Gasteiger partial charge is 0.481 e. The standard InChI is InChI=1S/C13H15BrFNO4/c1-16(6-5-13(18)19-2)12(17)8-20-11-4-3-9(14)7-10(11)15/h3-4,7H,5-6,8H2,1-2H3. The lowest BCUT2D eigenvalue weighted by molar-refractivity contribution is -0.141. The maximum atomic E-state index is 13.5. The van der Waals surface area contributed by atoms with Gasteiger partial charge in [-0.05, 0) is 18.2 Å². The van der Waals surface area contributed by atoms with Crippen LogP contribution < -0.4 is 4.74 Å². The third-order valence-corrected chi connectivity index (χ3v) is 3.04. The number of methoxy groups -OCH3 is 1. The van der Waals surface area contributed by atoms with Crippen LogP contribution in [-0.2, 0) is 14.3 Å². The summed E-state index contributed by atoms with van der Waals surface area (Å²) in [5.74, 6) is -1.30. The number of halogens is 2. The first-order valence-corrected chi connectivity index (χ1v) is 6.62. The van der Waals surface area contributed by atoms with E-state index in [2.05, 4.69) is 20.7 Å². The van der Waals surface area contributed by atoms with Crippen LogP contribution in [0.4, 0.5) is 4.39 Å². The number of amides is 1. The Hall–Kier alpha value is -1.63. The van der Waals surface area contributed by atoms with Gasteiger partial charge >= 0.3 is 5.97 Å². The summed E-state index contributed by atoms with van der Waals surface area (Å²) < 4.78 is 23.6. The van der Waals surface area contributed by atoms with Crippen molar-refractivity contribution >= 4 is 27.8 Å². The van der Waals surface area contributed by atoms with Gasteiger partial charge in [0.2, 0.25) is 0 Å². The zero-order valence-electron chi connectivity index (χ0n) is 11.2. The van der Waals surface area contributed by atoms with E-state index >= 15 is 0 Å². The van der Waals surface area contributed by atoms with Crippen LogP contribution in [0.1, 0.15) is 6.42 Å². The quantitative estimate of drug-likeness (QED) is 0.738. The lowest BCUT2D eigenvalue weighted by atomic mass is 10.3. The van der Waals surface area contributed by atoms with E-state index in [9.17, 15) is 14.0 Å². The number of rotatable bonds is 6. The number of carbonyl (C=O) groups excluding carboxylic acids is 2. The lowest BCUT2D eigenvalue weighted by Crippen LogP contribution is -2.33. The van der Waals surface area contributed by atoms with E-state index in [-0.39, 0.29) is 31.2 Å². The third kappa shape index (κ3) is 5.16. The van der Waals surface area contributed by atoms with Gasteiger partial charge in [-0.3, -0.25) is 9.59 Å². The van der Waals surface area contributed by atoms with Crippen LogP contribution in [0.3, 0.4) is 0 Å². The van der Waals surface area contributed by atoms with E-state index < -0.39 is 11.8 Å². The van der Waals surface area contributed by atoms with Crippen molar-refractivity contribution in [1.29, 1.82) is 0 Å². The number of esters is 1. The summed E-state index contributed by atoms with van der Waals surface area (Å²) in [5, 5.41) is 0. The van der Waals surface area contributed by atoms with Gasteiger partial charge in [0.05, 0.1) is 13.5 Å². The van der Waals surface area contributed by atoms with Gasteiger partial charge in [0.25, 0.3) is 5.91 Å². The lowest BCUT2D eigenvalue weighted by Gasteiger charge is -2.16. The fraction of sp³-hybridized carbons (Fsp3) is 0.385. The molecule has 0 aliphatic carbocycles. The molecule has 0 aliphatic heterocycles. The molecular weight excluding hydrogens is 333 g/mol. The van der Waals surface area contributed by atoms with E-state index in [4.69, 9.17) is 4.74 Å². The van der Waals surface area contributed by atoms with Gasteiger partial charge in [-0.15, -0.1) is 0 Å². The minimum Gasteiger partial charge on any atom is -0.481 e. The monoisotopic (exact) mass is 347 g/mol. The molecule has 1 aromatic carbocycles. The van der Waals surface area contributed by atoms with Gasteiger partial charge in [0, 0.05) is 18.1 Å². The average molecular weight is 348 g/mol. The third-order valence-electron chi connectivity index (χ3n) is 2.55. The highest BCUT2D eigenvalue weighted by atomic mass is 79.9. The van der Waals surface area contributed by atoms with Gasteiger partial charge in [-0.2, -0.15) is 0 Å². The number of ether oxygens (including phenoxy) is 2. The van der Waals surface area contributed by atoms with Crippen molar-refractivity contribution in [1.82, 2.24) is 4.90 Å². The molecule has 0 N–H and O–H groups in total. The molecule has 0 bridgehead atoms. The van der Waals surface area contributed by atoms with Crippen LogP contribution in [0.15, 0.2) is 22.7 Å². The van der Waals surface area contributed by atoms with Gasteiger partial charge in [0.15, 0.2) is 18.2 Å². The highest BCUT2D eigenvalue weighted by Crippen LogP contribution is 2.21. The molecule has 20 heavy (non-hydrogen) atoms. The van der Waals surface area contributed by atoms with Crippen molar-refractivity contribution in [2.75, 3.05) is 27.3 Å². The van der Waals surface area contributed by atoms with E-state index in [1.807, 2.05) is 0 Å². The number of likely N-dealkylation sites (N-methyl/N-ethyl adjacent to an activating group) is 1. The topological polar surface area (TPSA) is 55.8 Å². The Labute approximate surface area is 124 Å². The summed E-state index contributed by atoms with van der Waals surface area (Å²) in [6.45, 7) is -0.0755. The molecule has 0 aromatic heterocycles. The Kier molecular flexibility index (Phi) is 6.44. The highest BCUT2D eigenvalue weighted by Gasteiger charge is 2.13. The molecule has 0 radical (unpaired) electrons. The zero-order chi connectivity index (χ0) is 15.1. The molecule has 0 aliphatic rings. The highest BCUT2D eigenvalue weighted by molar-refractivity contribution is 9.10. The first-order valence-electron chi connectivity index (χ1n) is 5.82. The van der Waals surface area contributed by atoms with E-state index in [0.717, 1.165) is 0 Å². The predicted molar refractivity (Wildman–Crippen MR) is 73.9 cm³/mol. The van der Waals surface area contributed by atoms with Crippen LogP contribution in [0.5, 0.6) is 5.75 Å². The second kappa shape index (κ2) is 7.84. The second-order valence-electron chi connectivity index (χ2n) is 4.00. The first kappa shape index (κ1) is 16.4. The molecule has 0 fully saturated rings. The number of hydrogen-bond acceptors (Lipinski definition) is 4. The summed E-state index contributed by atoms with van der Waals surface area (Å²) in [6, 6.07) is 4.30. The number of hydrogen-bond donors (Lipinski definition) is 0. The molecule has 0 atom stereocenters. The minimum atomic E-state index is -0.551. The molecule has 0 saturated carbocycles. The molecule has 1 rings (SSSR count). The molecule has 5 nitrogen and oxygen atoms in total. The zero-order valence-corrected chi connectivity index (χ0v) is 12.8. The Balaban J connectivity index is 2.44. The smallest absolute Gasteiger partial charge is 0.307 e. The molecule has 0 heterocycles. The normalized spacial score (nSPS) is 10.0. The molecular formula is C13H15BrFNO4. The van der Waals surface area contributed by atoms with Crippen LogP contribution in [0.25, 0.3) is 0 Å². The Morgan fingerprint density at radius 2 is 2.10 bits per heavy atom. The van der Waals surface area contributed by atoms with Gasteiger partial charge < -0.3 is 14.4 Å². The minimum absolute atomic E-state index is 0.00270. The van der Waals surface area contributed by atoms with E-state index in [1.54, 1.807) is 6.07 Å². The predicted octanol–water partition coefficient (Wildman–Crippen LogP) is 1.99. The Morgan fingerprint density at radius 3 is 2.70 bits per heavy atom. The first-order chi connectivity index (χ1) is 9.43. The summed E-state index contributed by atoms with van der Waals surface area (Å²) in [6.07, 6.45) is 0.103. The van der Waals surface area contributed by atoms with E-state index in [0.29, 0.717) is 4.47 Å². The average Bonchev–Trinajstić information content (AvgIpc) is 2.42. The molecule has 1 amide bonds. The molecule has 7 heteroatoms. The van der Waals surface area contributed by atoms with Crippen LogP contribution in [-0.4, -0.2) is 44.1 Å². The Morgan fingerprint density at radius 1 is 1.40 bits per heavy atom. The molecule has 0 saturated heterocycles. The van der Waals surface area contributed by atoms with Crippen molar-refractivity contribution in [3.8, 4) is 5.75 Å². The van der Waals surface area contributed by atoms with Crippen molar-refractivity contribution in [2.24, 2.45) is 0 Å². The fourth-order valence-corrected chi connectivity index (χ4v) is 1.66. The summed E-state index contributed by atoms with van der Waals surface area (Å²) in [7, 11) is 2.82. The molecule has 110 valence electrons. The maximum Gasteiger partial charge on any atom is 0.307 e. The molecule has 1 aromatic rings. The van der Waals surface area contributed by atoms with Crippen molar-refractivity contribution in [3.05, 3.63) is 28.5 Å². The maximum absolute atomic E-state index is 13.5. The molecule has 0 spiro atoms. The van der Waals surface area contributed by atoms with Crippen molar-refractivity contribution in [3.63, 3.8) is 0 Å².